The number of fused-ring (bicyclic) bond motifs is 1. The number of aromatic nitrogens is 4. The molecule has 0 amide bonds. The number of hydrogen-bond donors (Lipinski definition) is 2. The van der Waals surface area contributed by atoms with Gasteiger partial charge in [0.15, 0.2) is 5.65 Å². The van der Waals surface area contributed by atoms with Crippen LogP contribution < -0.4 is 5.73 Å². The minimum atomic E-state index is 0.108. The summed E-state index contributed by atoms with van der Waals surface area (Å²) < 4.78 is 1.05. The van der Waals surface area contributed by atoms with Crippen molar-refractivity contribution in [3.05, 3.63) is 40.9 Å². The molecule has 1 atom stereocenters. The third-order valence-corrected chi connectivity index (χ3v) is 4.57. The molecule has 21 heavy (non-hydrogen) atoms. The molecule has 108 valence electrons. The Balaban J connectivity index is 1.99. The summed E-state index contributed by atoms with van der Waals surface area (Å²) in [6.07, 6.45) is 3.99. The minimum absolute atomic E-state index is 0.108. The molecule has 0 aliphatic rings. The molecule has 1 aromatic carbocycles. The van der Waals surface area contributed by atoms with Gasteiger partial charge in [0.05, 0.1) is 6.33 Å². The van der Waals surface area contributed by atoms with Crippen LogP contribution in [0.25, 0.3) is 11.2 Å². The van der Waals surface area contributed by atoms with Crippen molar-refractivity contribution in [1.29, 1.82) is 0 Å². The van der Waals surface area contributed by atoms with Crippen LogP contribution in [0.3, 0.4) is 0 Å². The highest BCUT2D eigenvalue weighted by Gasteiger charge is 2.12. The predicted molar refractivity (Wildman–Crippen MR) is 87.3 cm³/mol. The van der Waals surface area contributed by atoms with E-state index in [4.69, 9.17) is 5.73 Å². The zero-order valence-corrected chi connectivity index (χ0v) is 13.8. The summed E-state index contributed by atoms with van der Waals surface area (Å²) in [5.74, 6) is 0. The molecular formula is C14H14BrN5S. The van der Waals surface area contributed by atoms with Crippen LogP contribution in [0.5, 0.6) is 0 Å². The van der Waals surface area contributed by atoms with E-state index in [-0.39, 0.29) is 6.04 Å². The molecule has 0 fully saturated rings. The number of imidazole rings is 1. The normalized spacial score (nSPS) is 12.7. The second-order valence-electron chi connectivity index (χ2n) is 4.82. The predicted octanol–water partition coefficient (Wildman–Crippen LogP) is 3.16. The van der Waals surface area contributed by atoms with Crippen molar-refractivity contribution in [2.75, 3.05) is 0 Å². The van der Waals surface area contributed by atoms with Crippen LogP contribution in [-0.2, 0) is 6.42 Å². The van der Waals surface area contributed by atoms with Gasteiger partial charge >= 0.3 is 0 Å². The highest BCUT2D eigenvalue weighted by molar-refractivity contribution is 9.10. The van der Waals surface area contributed by atoms with E-state index in [0.29, 0.717) is 5.65 Å². The molecule has 1 unspecified atom stereocenters. The minimum Gasteiger partial charge on any atom is -0.341 e. The van der Waals surface area contributed by atoms with Gasteiger partial charge in [0.1, 0.15) is 16.9 Å². The lowest BCUT2D eigenvalue weighted by atomic mass is 10.1. The Morgan fingerprint density at radius 1 is 1.33 bits per heavy atom. The maximum absolute atomic E-state index is 5.94. The van der Waals surface area contributed by atoms with E-state index < -0.39 is 0 Å². The molecule has 0 spiro atoms. The second-order valence-corrected chi connectivity index (χ2v) is 6.76. The number of benzene rings is 1. The fourth-order valence-electron chi connectivity index (χ4n) is 2.08. The lowest BCUT2D eigenvalue weighted by Gasteiger charge is -2.11. The summed E-state index contributed by atoms with van der Waals surface area (Å²) in [6, 6.07) is 6.32. The van der Waals surface area contributed by atoms with Crippen LogP contribution in [0.1, 0.15) is 12.5 Å². The Hall–Kier alpha value is -1.44. The van der Waals surface area contributed by atoms with Gasteiger partial charge in [-0.05, 0) is 37.1 Å². The summed E-state index contributed by atoms with van der Waals surface area (Å²) in [7, 11) is 0. The van der Waals surface area contributed by atoms with Crippen LogP contribution in [0.2, 0.25) is 0 Å². The van der Waals surface area contributed by atoms with Crippen molar-refractivity contribution in [2.24, 2.45) is 5.73 Å². The second kappa shape index (κ2) is 6.13. The molecule has 0 saturated heterocycles. The van der Waals surface area contributed by atoms with Gasteiger partial charge in [-0.3, -0.25) is 0 Å². The first kappa shape index (κ1) is 14.5. The van der Waals surface area contributed by atoms with Crippen molar-refractivity contribution in [3.8, 4) is 0 Å². The van der Waals surface area contributed by atoms with Crippen molar-refractivity contribution in [2.45, 2.75) is 29.3 Å². The Labute approximate surface area is 134 Å². The molecule has 0 saturated carbocycles. The molecule has 2 heterocycles. The number of aromatic amines is 1. The van der Waals surface area contributed by atoms with Crippen molar-refractivity contribution < 1.29 is 0 Å². The van der Waals surface area contributed by atoms with E-state index in [1.807, 2.05) is 13.0 Å². The quantitative estimate of drug-likeness (QED) is 0.695. The molecular weight excluding hydrogens is 350 g/mol. The summed E-state index contributed by atoms with van der Waals surface area (Å²) in [4.78, 5) is 16.9. The monoisotopic (exact) mass is 363 g/mol. The van der Waals surface area contributed by atoms with Crippen molar-refractivity contribution in [3.63, 3.8) is 0 Å². The summed E-state index contributed by atoms with van der Waals surface area (Å²) in [5, 5.41) is 0.866. The first-order chi connectivity index (χ1) is 10.1. The standard InChI is InChI=1S/C14H14BrN5S/c1-8(16)4-9-5-10(15)2-3-11(9)21-14-12-13(18-6-17-12)19-7-20-14/h2-3,5-8H,4,16H2,1H3,(H,17,18,19,20). The maximum Gasteiger partial charge on any atom is 0.181 e. The van der Waals surface area contributed by atoms with E-state index in [2.05, 4.69) is 48.0 Å². The van der Waals surface area contributed by atoms with Gasteiger partial charge in [0.2, 0.25) is 0 Å². The summed E-state index contributed by atoms with van der Waals surface area (Å²) >= 11 is 5.11. The zero-order chi connectivity index (χ0) is 14.8. The van der Waals surface area contributed by atoms with Crippen molar-refractivity contribution >= 4 is 38.9 Å². The fourth-order valence-corrected chi connectivity index (χ4v) is 3.46. The van der Waals surface area contributed by atoms with E-state index in [1.54, 1.807) is 18.1 Å². The van der Waals surface area contributed by atoms with E-state index in [9.17, 15) is 0 Å². The number of halogens is 1. The van der Waals surface area contributed by atoms with Crippen LogP contribution in [0.15, 0.2) is 45.2 Å². The highest BCUT2D eigenvalue weighted by atomic mass is 79.9. The zero-order valence-electron chi connectivity index (χ0n) is 11.4. The van der Waals surface area contributed by atoms with E-state index >= 15 is 0 Å². The molecule has 3 aromatic rings. The first-order valence-corrected chi connectivity index (χ1v) is 8.10. The van der Waals surface area contributed by atoms with Gasteiger partial charge in [-0.1, -0.05) is 27.7 Å². The Morgan fingerprint density at radius 3 is 3.00 bits per heavy atom. The van der Waals surface area contributed by atoms with Gasteiger partial charge in [0, 0.05) is 15.4 Å². The summed E-state index contributed by atoms with van der Waals surface area (Å²) in [6.45, 7) is 2.01. The van der Waals surface area contributed by atoms with Gasteiger partial charge in [0.25, 0.3) is 0 Å². The summed E-state index contributed by atoms with van der Waals surface area (Å²) in [5.41, 5.74) is 8.69. The lowest BCUT2D eigenvalue weighted by Crippen LogP contribution is -2.18. The average Bonchev–Trinajstić information content (AvgIpc) is 2.90. The first-order valence-electron chi connectivity index (χ1n) is 6.49. The lowest BCUT2D eigenvalue weighted by molar-refractivity contribution is 0.729. The van der Waals surface area contributed by atoms with E-state index in [1.165, 1.54) is 11.9 Å². The number of nitrogens with zero attached hydrogens (tertiary/aromatic N) is 3. The number of nitrogens with one attached hydrogen (secondary N) is 1. The topological polar surface area (TPSA) is 80.5 Å². The fraction of sp³-hybridized carbons (Fsp3) is 0.214. The van der Waals surface area contributed by atoms with E-state index in [0.717, 1.165) is 26.3 Å². The molecule has 2 aromatic heterocycles. The van der Waals surface area contributed by atoms with Crippen LogP contribution in [0.4, 0.5) is 0 Å². The average molecular weight is 364 g/mol. The molecule has 0 radical (unpaired) electrons. The largest absolute Gasteiger partial charge is 0.341 e. The molecule has 7 heteroatoms. The number of hydrogen-bond acceptors (Lipinski definition) is 5. The maximum atomic E-state index is 5.94. The third-order valence-electron chi connectivity index (χ3n) is 2.96. The number of nitrogens with two attached hydrogens (primary N) is 1. The van der Waals surface area contributed by atoms with Crippen LogP contribution in [-0.4, -0.2) is 26.0 Å². The molecule has 3 N–H and O–H groups in total. The van der Waals surface area contributed by atoms with Crippen molar-refractivity contribution in [1.82, 2.24) is 19.9 Å². The smallest absolute Gasteiger partial charge is 0.181 e. The van der Waals surface area contributed by atoms with Gasteiger partial charge in [-0.15, -0.1) is 0 Å². The molecule has 3 rings (SSSR count). The molecule has 5 nitrogen and oxygen atoms in total. The number of H-pyrrole nitrogens is 1. The van der Waals surface area contributed by atoms with Crippen LogP contribution >= 0.6 is 27.7 Å². The SMILES string of the molecule is CC(N)Cc1cc(Br)ccc1Sc1ncnc2nc[nH]c12. The molecule has 0 aliphatic carbocycles. The molecule has 0 bridgehead atoms. The Morgan fingerprint density at radius 2 is 2.19 bits per heavy atom. The Kier molecular flexibility index (Phi) is 4.23. The molecule has 0 aliphatic heterocycles. The van der Waals surface area contributed by atoms with Gasteiger partial charge in [-0.25, -0.2) is 15.0 Å². The van der Waals surface area contributed by atoms with Gasteiger partial charge < -0.3 is 10.7 Å². The van der Waals surface area contributed by atoms with Crippen LogP contribution in [0, 0.1) is 0 Å². The number of rotatable bonds is 4. The third kappa shape index (κ3) is 3.25. The van der Waals surface area contributed by atoms with Gasteiger partial charge in [-0.2, -0.15) is 0 Å². The highest BCUT2D eigenvalue weighted by Crippen LogP contribution is 2.33. The Bertz CT molecular complexity index is 771.